The Morgan fingerprint density at radius 3 is 2.27 bits per heavy atom. The van der Waals surface area contributed by atoms with Crippen molar-refractivity contribution in [1.29, 1.82) is 0 Å². The zero-order valence-electron chi connectivity index (χ0n) is 36.2. The molecule has 9 atom stereocenters. The van der Waals surface area contributed by atoms with Crippen LogP contribution in [0.3, 0.4) is 0 Å². The lowest BCUT2D eigenvalue weighted by molar-refractivity contribution is -0.250. The van der Waals surface area contributed by atoms with Crippen LogP contribution >= 0.6 is 11.6 Å². The van der Waals surface area contributed by atoms with Crippen molar-refractivity contribution >= 4 is 53.0 Å². The molecule has 15 nitrogen and oxygen atoms in total. The minimum Gasteiger partial charge on any atom is -0.373 e. The molecule has 3 saturated heterocycles. The number of nitrogens with one attached hydrogen (secondary N) is 3. The van der Waals surface area contributed by atoms with Gasteiger partial charge in [0.1, 0.15) is 54.4 Å². The lowest BCUT2D eigenvalue weighted by atomic mass is 9.98. The largest absolute Gasteiger partial charge is 0.426 e. The summed E-state index contributed by atoms with van der Waals surface area (Å²) in [5.41, 5.74) is -3.99. The van der Waals surface area contributed by atoms with Crippen LogP contribution in [0.4, 0.5) is 26.3 Å². The van der Waals surface area contributed by atoms with E-state index >= 15 is 8.78 Å². The summed E-state index contributed by atoms with van der Waals surface area (Å²) in [6.45, 7) is 2.36. The Labute approximate surface area is 371 Å². The molecule has 0 radical (unpaired) electrons. The maximum Gasteiger partial charge on any atom is 0.426 e. The lowest BCUT2D eigenvalue weighted by Crippen LogP contribution is -2.61. The van der Waals surface area contributed by atoms with Crippen LogP contribution in [0, 0.1) is 17.7 Å². The Hall–Kier alpha value is -4.66. The van der Waals surface area contributed by atoms with Crippen LogP contribution in [0.15, 0.2) is 18.2 Å². The summed E-state index contributed by atoms with van der Waals surface area (Å²) in [5, 5.41) is 18.1. The highest BCUT2D eigenvalue weighted by molar-refractivity contribution is 6.30. The molecule has 4 N–H and O–H groups in total. The molecule has 4 fully saturated rings. The first-order valence-electron chi connectivity index (χ1n) is 21.4. The third kappa shape index (κ3) is 11.4. The van der Waals surface area contributed by atoms with E-state index in [9.17, 15) is 56.2 Å². The Morgan fingerprint density at radius 2 is 1.64 bits per heavy atom. The maximum absolute atomic E-state index is 15.2. The summed E-state index contributed by atoms with van der Waals surface area (Å²) < 4.78 is 85.6. The van der Waals surface area contributed by atoms with Crippen LogP contribution in [0.5, 0.6) is 0 Å². The fourth-order valence-electron chi connectivity index (χ4n) is 8.51. The summed E-state index contributed by atoms with van der Waals surface area (Å²) in [6, 6.07) is -4.99. The molecule has 1 aromatic rings. The summed E-state index contributed by atoms with van der Waals surface area (Å²) in [5.74, 6) is -8.52. The normalized spacial score (nSPS) is 28.0. The number of likely N-dealkylation sites (N-methyl/N-ethyl adjacent to an activating group) is 2. The van der Waals surface area contributed by atoms with Crippen molar-refractivity contribution in [2.75, 3.05) is 33.7 Å². The number of alkyl halides is 5. The van der Waals surface area contributed by atoms with Gasteiger partial charge < -0.3 is 40.7 Å². The number of hydrogen-bond donors (Lipinski definition) is 4. The van der Waals surface area contributed by atoms with Gasteiger partial charge in [0.25, 0.3) is 5.91 Å². The highest BCUT2D eigenvalue weighted by Crippen LogP contribution is 2.37. The van der Waals surface area contributed by atoms with E-state index in [1.807, 2.05) is 0 Å². The van der Waals surface area contributed by atoms with Gasteiger partial charge in [0.2, 0.25) is 41.0 Å². The van der Waals surface area contributed by atoms with E-state index in [0.717, 1.165) is 20.8 Å². The predicted octanol–water partition coefficient (Wildman–Crippen LogP) is 2.59. The van der Waals surface area contributed by atoms with E-state index in [1.165, 1.54) is 26.2 Å². The molecular weight excluding hydrogens is 880 g/mol. The molecule has 7 amide bonds. The molecule has 356 valence electrons. The van der Waals surface area contributed by atoms with Gasteiger partial charge in [-0.3, -0.25) is 33.6 Å². The maximum atomic E-state index is 15.2. The molecule has 1 aromatic carbocycles. The van der Waals surface area contributed by atoms with Gasteiger partial charge in [-0.2, -0.15) is 13.2 Å². The average molecular weight is 936 g/mol. The Balaban J connectivity index is 1.44. The summed E-state index contributed by atoms with van der Waals surface area (Å²) in [7, 11) is 2.54. The zero-order chi connectivity index (χ0) is 47.6. The fourth-order valence-corrected chi connectivity index (χ4v) is 8.71. The first kappa shape index (κ1) is 50.3. The Morgan fingerprint density at radius 1 is 0.984 bits per heavy atom. The molecule has 1 saturated carbocycles. The van der Waals surface area contributed by atoms with Crippen molar-refractivity contribution in [3.8, 4) is 0 Å². The third-order valence-corrected chi connectivity index (χ3v) is 12.7. The molecule has 0 bridgehead atoms. The van der Waals surface area contributed by atoms with Crippen molar-refractivity contribution in [1.82, 2.24) is 35.6 Å². The topological polar surface area (TPSA) is 189 Å². The Bertz CT molecular complexity index is 1960. The monoisotopic (exact) mass is 935 g/mol. The quantitative estimate of drug-likeness (QED) is 0.258. The second-order valence-corrected chi connectivity index (χ2v) is 18.3. The van der Waals surface area contributed by atoms with E-state index in [2.05, 4.69) is 16.0 Å². The van der Waals surface area contributed by atoms with Crippen molar-refractivity contribution in [3.05, 3.63) is 34.6 Å². The SMILES string of the molecule is CC(C)C[C@@H]1NC(=O)[C@@H](N(C)C(=O)[C@@H](NC(=O)[C@@H]2C[C@@H](F)CN2C(=O)[C@@](C)(O)C(F)(F)F)C2CC2)CCCCNC(=O)[C@H]2C[C@@H](F)CN2C(=O)[C@H](Cc2cc(Cl)ccc2F)N(C)C1=O. The minimum absolute atomic E-state index is 0.0139. The number of halogens is 7. The van der Waals surface area contributed by atoms with E-state index in [4.69, 9.17) is 11.6 Å². The van der Waals surface area contributed by atoms with Crippen LogP contribution in [-0.4, -0.2) is 160 Å². The van der Waals surface area contributed by atoms with Gasteiger partial charge in [-0.25, -0.2) is 13.2 Å². The molecule has 0 spiro atoms. The number of carbonyl (C=O) groups is 7. The first-order chi connectivity index (χ1) is 29.8. The molecule has 0 aromatic heterocycles. The van der Waals surface area contributed by atoms with E-state index in [1.54, 1.807) is 13.8 Å². The van der Waals surface area contributed by atoms with E-state index in [0.29, 0.717) is 17.7 Å². The minimum atomic E-state index is -5.45. The van der Waals surface area contributed by atoms with Crippen molar-refractivity contribution in [2.45, 2.75) is 139 Å². The van der Waals surface area contributed by atoms with Crippen LogP contribution in [0.25, 0.3) is 0 Å². The molecule has 0 unspecified atom stereocenters. The number of hydrogen-bond acceptors (Lipinski definition) is 8. The van der Waals surface area contributed by atoms with E-state index in [-0.39, 0.29) is 62.1 Å². The number of fused-ring (bicyclic) bond motifs is 1. The molecule has 22 heteroatoms. The standard InChI is InChI=1S/C42H56ClF6N7O8/c1-21(2)14-28-37(60)54(5)32(16-23-15-24(43)11-12-27(23)46)38(61)55-19-25(44)17-30(55)34(57)50-13-7-6-8-29(35(58)51-28)53(4)39(62)33(22-9-10-22)52-36(59)31-18-26(45)20-56(31)40(63)41(3,64)42(47,48)49/h11-12,15,21-22,25-26,28-33,64H,6-10,13-14,16-20H2,1-5H3,(H,50,57)(H,51,58)(H,52,59)/t25-,26-,28+,29+,30-,31+,32+,33+,41-/m1/s1. The Kier molecular flexibility index (Phi) is 15.9. The van der Waals surface area contributed by atoms with Crippen LogP contribution < -0.4 is 16.0 Å². The highest BCUT2D eigenvalue weighted by atomic mass is 35.5. The molecule has 64 heavy (non-hydrogen) atoms. The predicted molar refractivity (Wildman–Crippen MR) is 218 cm³/mol. The highest BCUT2D eigenvalue weighted by Gasteiger charge is 2.60. The van der Waals surface area contributed by atoms with Gasteiger partial charge in [-0.05, 0) is 81.0 Å². The van der Waals surface area contributed by atoms with Gasteiger partial charge in [0.05, 0.1) is 13.1 Å². The second-order valence-electron chi connectivity index (χ2n) is 17.9. The van der Waals surface area contributed by atoms with E-state index < -0.39 is 139 Å². The second kappa shape index (κ2) is 20.2. The number of carbonyl (C=O) groups excluding carboxylic acids is 7. The van der Waals surface area contributed by atoms with Crippen LogP contribution in [0.2, 0.25) is 5.02 Å². The summed E-state index contributed by atoms with van der Waals surface area (Å²) >= 11 is 6.16. The summed E-state index contributed by atoms with van der Waals surface area (Å²) in [6.07, 6.45) is -9.20. The van der Waals surface area contributed by atoms with Crippen LogP contribution in [0.1, 0.15) is 77.7 Å². The van der Waals surface area contributed by atoms with Gasteiger partial charge in [0.15, 0.2) is 0 Å². The number of nitrogens with zero attached hydrogens (tertiary/aromatic N) is 4. The molecular formula is C42H56ClF6N7O8. The summed E-state index contributed by atoms with van der Waals surface area (Å²) in [4.78, 5) is 101. The van der Waals surface area contributed by atoms with Gasteiger partial charge in [-0.1, -0.05) is 25.4 Å². The number of rotatable bonds is 10. The number of aliphatic hydroxyl groups is 1. The molecule has 1 aliphatic carbocycles. The van der Waals surface area contributed by atoms with Gasteiger partial charge >= 0.3 is 6.18 Å². The fraction of sp³-hybridized carbons (Fsp3) is 0.690. The molecule has 4 aliphatic rings. The number of amides is 7. The van der Waals surface area contributed by atoms with Crippen molar-refractivity contribution in [2.24, 2.45) is 11.8 Å². The molecule has 3 heterocycles. The lowest BCUT2D eigenvalue weighted by Gasteiger charge is -2.36. The van der Waals surface area contributed by atoms with Gasteiger partial charge in [0, 0.05) is 44.9 Å². The number of likely N-dealkylation sites (tertiary alicyclic amines) is 1. The number of benzene rings is 1. The van der Waals surface area contributed by atoms with Crippen molar-refractivity contribution < 1.29 is 65.0 Å². The molecule has 5 rings (SSSR count). The first-order valence-corrected chi connectivity index (χ1v) is 21.8. The average Bonchev–Trinajstić information content (AvgIpc) is 3.87. The third-order valence-electron chi connectivity index (χ3n) is 12.4. The smallest absolute Gasteiger partial charge is 0.373 e. The van der Waals surface area contributed by atoms with Gasteiger partial charge in [-0.15, -0.1) is 0 Å². The van der Waals surface area contributed by atoms with Crippen molar-refractivity contribution in [3.63, 3.8) is 0 Å². The zero-order valence-corrected chi connectivity index (χ0v) is 37.0. The molecule has 3 aliphatic heterocycles. The van der Waals surface area contributed by atoms with Crippen LogP contribution in [-0.2, 0) is 40.0 Å².